The van der Waals surface area contributed by atoms with Crippen LogP contribution in [0, 0.1) is 5.92 Å². The number of hydrogen-bond donors (Lipinski definition) is 3. The van der Waals surface area contributed by atoms with Gasteiger partial charge in [-0.3, -0.25) is 4.79 Å². The van der Waals surface area contributed by atoms with Gasteiger partial charge in [0.25, 0.3) is 5.91 Å². The van der Waals surface area contributed by atoms with E-state index in [4.69, 9.17) is 9.47 Å². The topological polar surface area (TPSA) is 83.1 Å². The summed E-state index contributed by atoms with van der Waals surface area (Å²) in [6, 6.07) is 3.60. The number of aliphatic hydroxyl groups excluding tert-OH is 1. The Bertz CT molecular complexity index is 652. The number of rotatable bonds is 7. The fraction of sp³-hybridized carbons (Fsp3) is 0.650. The van der Waals surface area contributed by atoms with Crippen LogP contribution in [-0.4, -0.2) is 68.5 Å². The summed E-state index contributed by atoms with van der Waals surface area (Å²) in [5, 5.41) is 16.5. The lowest BCUT2D eigenvalue weighted by atomic mass is 9.93. The number of carbonyl (C=O) groups is 1. The van der Waals surface area contributed by atoms with Gasteiger partial charge >= 0.3 is 0 Å². The lowest BCUT2D eigenvalue weighted by Crippen LogP contribution is -2.47. The molecule has 0 spiro atoms. The highest BCUT2D eigenvalue weighted by Gasteiger charge is 2.28. The molecule has 7 heteroatoms. The molecule has 2 atom stereocenters. The summed E-state index contributed by atoms with van der Waals surface area (Å²) in [5.74, 6) is 0.956. The van der Waals surface area contributed by atoms with Crippen LogP contribution in [0.2, 0.25) is 0 Å². The monoisotopic (exact) mass is 377 g/mol. The molecule has 27 heavy (non-hydrogen) atoms. The van der Waals surface area contributed by atoms with Gasteiger partial charge in [-0.15, -0.1) is 0 Å². The highest BCUT2D eigenvalue weighted by atomic mass is 16.6. The van der Waals surface area contributed by atoms with Crippen molar-refractivity contribution in [2.45, 2.75) is 32.3 Å². The summed E-state index contributed by atoms with van der Waals surface area (Å²) in [5.41, 5.74) is 1.26. The van der Waals surface area contributed by atoms with Crippen LogP contribution in [0.25, 0.3) is 0 Å². The Kier molecular flexibility index (Phi) is 6.79. The van der Waals surface area contributed by atoms with E-state index < -0.39 is 6.10 Å². The number of anilines is 1. The fourth-order valence-electron chi connectivity index (χ4n) is 3.65. The zero-order valence-electron chi connectivity index (χ0n) is 16.3. The van der Waals surface area contributed by atoms with E-state index in [9.17, 15) is 9.90 Å². The highest BCUT2D eigenvalue weighted by Crippen LogP contribution is 2.37. The maximum absolute atomic E-state index is 12.8. The van der Waals surface area contributed by atoms with Gasteiger partial charge in [-0.25, -0.2) is 0 Å². The zero-order chi connectivity index (χ0) is 19.2. The summed E-state index contributed by atoms with van der Waals surface area (Å²) in [7, 11) is 1.80. The van der Waals surface area contributed by atoms with Crippen LogP contribution in [0.4, 0.5) is 5.69 Å². The Morgan fingerprint density at radius 1 is 1.33 bits per heavy atom. The first-order chi connectivity index (χ1) is 13.1. The number of nitrogens with zero attached hydrogens (tertiary/aromatic N) is 1. The molecule has 0 aliphatic carbocycles. The molecule has 0 bridgehead atoms. The molecular formula is C20H31N3O4. The summed E-state index contributed by atoms with van der Waals surface area (Å²) in [4.78, 5) is 15.1. The number of piperidine rings is 1. The Morgan fingerprint density at radius 2 is 2.15 bits per heavy atom. The van der Waals surface area contributed by atoms with Gasteiger partial charge in [0, 0.05) is 37.8 Å². The number of β-amino-alcohol motifs (C(OH)–C–C–N with tert-alkyl or cyclic N) is 1. The van der Waals surface area contributed by atoms with E-state index in [1.165, 1.54) is 0 Å². The molecule has 1 aromatic rings. The van der Waals surface area contributed by atoms with Gasteiger partial charge in [0.15, 0.2) is 11.5 Å². The predicted octanol–water partition coefficient (Wildman–Crippen LogP) is 1.71. The van der Waals surface area contributed by atoms with Crippen molar-refractivity contribution >= 4 is 11.6 Å². The van der Waals surface area contributed by atoms with Crippen LogP contribution < -0.4 is 20.1 Å². The largest absolute Gasteiger partial charge is 0.486 e. The lowest BCUT2D eigenvalue weighted by Gasteiger charge is -2.36. The van der Waals surface area contributed by atoms with Gasteiger partial charge in [-0.2, -0.15) is 0 Å². The van der Waals surface area contributed by atoms with E-state index >= 15 is 0 Å². The summed E-state index contributed by atoms with van der Waals surface area (Å²) in [6.45, 7) is 6.23. The van der Waals surface area contributed by atoms with Crippen molar-refractivity contribution in [3.8, 4) is 11.5 Å². The number of hydrogen-bond acceptors (Lipinski definition) is 6. The van der Waals surface area contributed by atoms with Crippen LogP contribution in [-0.2, 0) is 0 Å². The molecule has 3 rings (SSSR count). The van der Waals surface area contributed by atoms with Crippen molar-refractivity contribution in [1.29, 1.82) is 0 Å². The van der Waals surface area contributed by atoms with E-state index in [-0.39, 0.29) is 11.8 Å². The number of benzene rings is 1. The van der Waals surface area contributed by atoms with Gasteiger partial charge in [0.1, 0.15) is 13.2 Å². The molecule has 7 nitrogen and oxygen atoms in total. The van der Waals surface area contributed by atoms with E-state index in [0.717, 1.165) is 38.0 Å². The van der Waals surface area contributed by atoms with E-state index in [2.05, 4.69) is 22.5 Å². The van der Waals surface area contributed by atoms with Gasteiger partial charge in [-0.1, -0.05) is 13.3 Å². The second-order valence-corrected chi connectivity index (χ2v) is 7.28. The Balaban J connectivity index is 1.60. The highest BCUT2D eigenvalue weighted by molar-refractivity contribution is 5.99. The fourth-order valence-corrected chi connectivity index (χ4v) is 3.65. The molecule has 0 radical (unpaired) electrons. The molecule has 0 aromatic heterocycles. The first-order valence-corrected chi connectivity index (χ1v) is 9.92. The number of unbranched alkanes of at least 4 members (excludes halogenated alkanes) is 1. The minimum absolute atomic E-state index is 0.0762. The SMILES string of the molecule is CCCCN1CC[C@@H](CNC(=O)c2cc(NC)cc3c2OCCO3)[C@H](O)C1. The number of nitrogens with one attached hydrogen (secondary N) is 2. The minimum atomic E-state index is -0.409. The first kappa shape index (κ1) is 19.8. The zero-order valence-corrected chi connectivity index (χ0v) is 16.3. The average Bonchev–Trinajstić information content (AvgIpc) is 2.70. The van der Waals surface area contributed by atoms with Crippen molar-refractivity contribution in [3.63, 3.8) is 0 Å². The number of fused-ring (bicyclic) bond motifs is 1. The van der Waals surface area contributed by atoms with E-state index in [1.807, 2.05) is 6.07 Å². The average molecular weight is 377 g/mol. The van der Waals surface area contributed by atoms with Crippen molar-refractivity contribution in [3.05, 3.63) is 17.7 Å². The first-order valence-electron chi connectivity index (χ1n) is 9.92. The Morgan fingerprint density at radius 3 is 2.89 bits per heavy atom. The molecule has 1 fully saturated rings. The quantitative estimate of drug-likeness (QED) is 0.671. The molecular weight excluding hydrogens is 346 g/mol. The van der Waals surface area contributed by atoms with Crippen LogP contribution in [0.15, 0.2) is 12.1 Å². The molecule has 2 aliphatic rings. The number of carbonyl (C=O) groups excluding carboxylic acids is 1. The predicted molar refractivity (Wildman–Crippen MR) is 105 cm³/mol. The van der Waals surface area contributed by atoms with E-state index in [1.54, 1.807) is 13.1 Å². The van der Waals surface area contributed by atoms with Crippen LogP contribution in [0.3, 0.4) is 0 Å². The van der Waals surface area contributed by atoms with Crippen LogP contribution in [0.5, 0.6) is 11.5 Å². The molecule has 2 aliphatic heterocycles. The third kappa shape index (κ3) is 4.84. The third-order valence-corrected chi connectivity index (χ3v) is 5.33. The van der Waals surface area contributed by atoms with Crippen molar-refractivity contribution in [1.82, 2.24) is 10.2 Å². The Hall–Kier alpha value is -1.99. The standard InChI is InChI=1S/C20H31N3O4/c1-3-4-6-23-7-5-14(17(24)13-23)12-22-20(25)16-10-15(21-2)11-18-19(16)27-9-8-26-18/h10-11,14,17,21,24H,3-9,12-13H2,1-2H3,(H,22,25)/t14-,17+/m0/s1. The van der Waals surface area contributed by atoms with Gasteiger partial charge in [0.2, 0.25) is 0 Å². The van der Waals surface area contributed by atoms with Gasteiger partial charge in [0.05, 0.1) is 11.7 Å². The summed E-state index contributed by atoms with van der Waals surface area (Å²) in [6.07, 6.45) is 2.80. The molecule has 1 aromatic carbocycles. The maximum Gasteiger partial charge on any atom is 0.255 e. The molecule has 150 valence electrons. The van der Waals surface area contributed by atoms with Crippen LogP contribution in [0.1, 0.15) is 36.5 Å². The van der Waals surface area contributed by atoms with Crippen LogP contribution >= 0.6 is 0 Å². The number of aliphatic hydroxyl groups is 1. The molecule has 1 amide bonds. The van der Waals surface area contributed by atoms with Gasteiger partial charge < -0.3 is 30.1 Å². The third-order valence-electron chi connectivity index (χ3n) is 5.33. The Labute approximate surface area is 161 Å². The van der Waals surface area contributed by atoms with Crippen molar-refractivity contribution < 1.29 is 19.4 Å². The molecule has 2 heterocycles. The smallest absolute Gasteiger partial charge is 0.255 e. The molecule has 1 saturated heterocycles. The molecule has 0 saturated carbocycles. The molecule has 0 unspecified atom stereocenters. The second-order valence-electron chi connectivity index (χ2n) is 7.28. The van der Waals surface area contributed by atoms with Gasteiger partial charge in [-0.05, 0) is 32.0 Å². The summed E-state index contributed by atoms with van der Waals surface area (Å²) < 4.78 is 11.3. The summed E-state index contributed by atoms with van der Waals surface area (Å²) >= 11 is 0. The number of amides is 1. The molecule has 3 N–H and O–H groups in total. The second kappa shape index (κ2) is 9.28. The number of ether oxygens (including phenoxy) is 2. The normalized spacial score (nSPS) is 22.3. The van der Waals surface area contributed by atoms with Crippen molar-refractivity contribution in [2.75, 3.05) is 51.8 Å². The minimum Gasteiger partial charge on any atom is -0.486 e. The lowest BCUT2D eigenvalue weighted by molar-refractivity contribution is 0.0217. The van der Waals surface area contributed by atoms with Crippen molar-refractivity contribution in [2.24, 2.45) is 5.92 Å². The van der Waals surface area contributed by atoms with E-state index in [0.29, 0.717) is 43.4 Å². The maximum atomic E-state index is 12.8. The number of likely N-dealkylation sites (tertiary alicyclic amines) is 1.